The van der Waals surface area contributed by atoms with Crippen molar-refractivity contribution in [2.45, 2.75) is 78.6 Å². The Morgan fingerprint density at radius 1 is 0.778 bits per heavy atom. The summed E-state index contributed by atoms with van der Waals surface area (Å²) in [7, 11) is 0. The zero-order valence-corrected chi connectivity index (χ0v) is 18.5. The van der Waals surface area contributed by atoms with E-state index in [9.17, 15) is 0 Å². The molecule has 2 heteroatoms. The van der Waals surface area contributed by atoms with Crippen molar-refractivity contribution in [1.29, 1.82) is 0 Å². The van der Waals surface area contributed by atoms with E-state index < -0.39 is 0 Å². The van der Waals surface area contributed by atoms with Gasteiger partial charge in [0, 0.05) is 0 Å². The molecule has 1 aromatic heterocycles. The van der Waals surface area contributed by atoms with Crippen molar-refractivity contribution in [3.8, 4) is 0 Å². The van der Waals surface area contributed by atoms with Crippen molar-refractivity contribution < 1.29 is 4.42 Å². The molecular weight excluding hydrogens is 327 g/mol. The Morgan fingerprint density at radius 3 is 1.83 bits per heavy atom. The molecule has 0 radical (unpaired) electrons. The average molecular weight is 357 g/mol. The van der Waals surface area contributed by atoms with E-state index in [1.165, 1.54) is 60.9 Å². The van der Waals surface area contributed by atoms with Crippen molar-refractivity contribution in [2.24, 2.45) is 0 Å². The van der Waals surface area contributed by atoms with Crippen molar-refractivity contribution in [3.63, 3.8) is 0 Å². The summed E-state index contributed by atoms with van der Waals surface area (Å²) >= 11 is 0.506. The Hall–Kier alpha value is 0.0787. The predicted molar refractivity (Wildman–Crippen MR) is 84.1 cm³/mol. The van der Waals surface area contributed by atoms with Crippen molar-refractivity contribution in [2.75, 3.05) is 0 Å². The second kappa shape index (κ2) is 9.06. The van der Waals surface area contributed by atoms with Gasteiger partial charge in [-0.15, -0.1) is 0 Å². The van der Waals surface area contributed by atoms with E-state index in [2.05, 4.69) is 20.8 Å². The molecule has 1 nitrogen and oxygen atoms in total. The number of hydrogen-bond acceptors (Lipinski definition) is 1. The molecule has 0 aliphatic carbocycles. The van der Waals surface area contributed by atoms with Crippen LogP contribution in [0.1, 0.15) is 76.2 Å². The molecule has 1 heterocycles. The van der Waals surface area contributed by atoms with Crippen LogP contribution in [0.5, 0.6) is 0 Å². The monoisotopic (exact) mass is 358 g/mol. The summed E-state index contributed by atoms with van der Waals surface area (Å²) in [5.74, 6) is 1.34. The van der Waals surface area contributed by atoms with Crippen LogP contribution >= 0.6 is 0 Å². The van der Waals surface area contributed by atoms with E-state index in [1.807, 2.05) is 0 Å². The number of unbranched alkanes of at least 4 members (excludes halogenated alkanes) is 3. The van der Waals surface area contributed by atoms with Crippen LogP contribution in [0.15, 0.2) is 4.42 Å². The van der Waals surface area contributed by atoms with E-state index in [4.69, 9.17) is 4.42 Å². The van der Waals surface area contributed by atoms with Gasteiger partial charge < -0.3 is 0 Å². The summed E-state index contributed by atoms with van der Waals surface area (Å²) in [6, 6.07) is 0. The molecule has 0 aliphatic rings. The third-order valence-electron chi connectivity index (χ3n) is 3.72. The van der Waals surface area contributed by atoms with Crippen LogP contribution in [0.4, 0.5) is 0 Å². The Kier molecular flexibility index (Phi) is 8.12. The van der Waals surface area contributed by atoms with Crippen molar-refractivity contribution in [3.05, 3.63) is 16.9 Å². The molecule has 0 aliphatic heterocycles. The van der Waals surface area contributed by atoms with Crippen LogP contribution in [-0.4, -0.2) is 22.5 Å². The normalized spacial score (nSPS) is 11.3. The summed E-state index contributed by atoms with van der Waals surface area (Å²) in [6.45, 7) is 6.82. The molecule has 104 valence electrons. The maximum atomic E-state index is 6.14. The third-order valence-corrected chi connectivity index (χ3v) is 6.03. The molecule has 0 saturated heterocycles. The Balaban J connectivity index is 2.86. The van der Waals surface area contributed by atoms with E-state index in [1.54, 1.807) is 11.1 Å². The number of rotatable bonds is 9. The first-order chi connectivity index (χ1) is 8.74. The standard InChI is InChI=1S/C16H27O.Sn.3H/c1-4-7-10-14-13-17-16(12-9-6-3)15(14)11-8-5-2;;;;/h4-12H2,1-3H3;;;;. The van der Waals surface area contributed by atoms with Gasteiger partial charge in [0.05, 0.1) is 0 Å². The minimum absolute atomic E-state index is 0.506. The SMILES string of the molecule is CCCCc1o[c]([SnH3])c(CCCC)c1CCCC. The molecule has 18 heavy (non-hydrogen) atoms. The van der Waals surface area contributed by atoms with E-state index >= 15 is 0 Å². The first-order valence-electron chi connectivity index (χ1n) is 7.84. The molecule has 1 aromatic rings. The van der Waals surface area contributed by atoms with E-state index in [-0.39, 0.29) is 0 Å². The van der Waals surface area contributed by atoms with Crippen LogP contribution in [0.2, 0.25) is 0 Å². The van der Waals surface area contributed by atoms with Crippen molar-refractivity contribution >= 4 is 26.3 Å². The van der Waals surface area contributed by atoms with Gasteiger partial charge in [0.25, 0.3) is 0 Å². The van der Waals surface area contributed by atoms with Gasteiger partial charge in [-0.25, -0.2) is 0 Å². The van der Waals surface area contributed by atoms with Crippen LogP contribution < -0.4 is 3.78 Å². The van der Waals surface area contributed by atoms with E-state index in [0.717, 1.165) is 6.42 Å². The summed E-state index contributed by atoms with van der Waals surface area (Å²) in [5, 5.41) is 0. The van der Waals surface area contributed by atoms with Gasteiger partial charge in [0.1, 0.15) is 0 Å². The fourth-order valence-corrected chi connectivity index (χ4v) is 4.83. The van der Waals surface area contributed by atoms with Crippen LogP contribution in [0.3, 0.4) is 0 Å². The fourth-order valence-electron chi connectivity index (χ4n) is 2.55. The van der Waals surface area contributed by atoms with Gasteiger partial charge in [-0.1, -0.05) is 0 Å². The quantitative estimate of drug-likeness (QED) is 0.619. The van der Waals surface area contributed by atoms with Gasteiger partial charge in [0.2, 0.25) is 0 Å². The van der Waals surface area contributed by atoms with Crippen LogP contribution in [-0.2, 0) is 19.3 Å². The second-order valence-electron chi connectivity index (χ2n) is 5.35. The summed E-state index contributed by atoms with van der Waals surface area (Å²) in [6.07, 6.45) is 11.4. The zero-order valence-electron chi connectivity index (χ0n) is 12.8. The van der Waals surface area contributed by atoms with Gasteiger partial charge in [-0.2, -0.15) is 0 Å². The summed E-state index contributed by atoms with van der Waals surface area (Å²) in [4.78, 5) is 0. The fraction of sp³-hybridized carbons (Fsp3) is 0.750. The molecule has 0 spiro atoms. The number of furan rings is 1. The molecule has 0 aromatic carbocycles. The summed E-state index contributed by atoms with van der Waals surface area (Å²) in [5.41, 5.74) is 3.22. The predicted octanol–water partition coefficient (Wildman–Crippen LogP) is 3.30. The molecule has 0 amide bonds. The molecular formula is C16H30OSn. The zero-order chi connectivity index (χ0) is 13.4. The van der Waals surface area contributed by atoms with Gasteiger partial charge in [0.15, 0.2) is 0 Å². The average Bonchev–Trinajstić information content (AvgIpc) is 2.67. The van der Waals surface area contributed by atoms with Crippen LogP contribution in [0, 0.1) is 0 Å². The van der Waals surface area contributed by atoms with E-state index in [0.29, 0.717) is 22.5 Å². The van der Waals surface area contributed by atoms with Gasteiger partial charge in [-0.3, -0.25) is 0 Å². The Morgan fingerprint density at radius 2 is 1.28 bits per heavy atom. The molecule has 0 bridgehead atoms. The number of aryl methyl sites for hydroxylation is 1. The van der Waals surface area contributed by atoms with Gasteiger partial charge in [-0.05, 0) is 0 Å². The summed E-state index contributed by atoms with van der Waals surface area (Å²) < 4.78 is 7.53. The van der Waals surface area contributed by atoms with Crippen LogP contribution in [0.25, 0.3) is 0 Å². The van der Waals surface area contributed by atoms with Crippen molar-refractivity contribution in [1.82, 2.24) is 0 Å². The second-order valence-corrected chi connectivity index (χ2v) is 7.94. The Bertz CT molecular complexity index is 341. The Labute approximate surface area is 126 Å². The molecule has 0 fully saturated rings. The maximum absolute atomic E-state index is 6.14. The first-order valence-corrected chi connectivity index (χ1v) is 10.7. The molecule has 0 unspecified atom stereocenters. The topological polar surface area (TPSA) is 13.1 Å². The minimum atomic E-state index is 0.506. The molecule has 0 N–H and O–H groups in total. The van der Waals surface area contributed by atoms with Gasteiger partial charge >= 0.3 is 126 Å². The number of hydrogen-bond donors (Lipinski definition) is 0. The third kappa shape index (κ3) is 4.64. The molecule has 0 saturated carbocycles. The molecule has 0 atom stereocenters. The molecule has 1 rings (SSSR count). The first kappa shape index (κ1) is 16.1.